The summed E-state index contributed by atoms with van der Waals surface area (Å²) in [7, 11) is 0. The first-order chi connectivity index (χ1) is 19.8. The topological polar surface area (TPSA) is 87.7 Å². The molecule has 41 heavy (non-hydrogen) atoms. The second kappa shape index (κ2) is 11.1. The van der Waals surface area contributed by atoms with Gasteiger partial charge in [0, 0.05) is 31.0 Å². The first kappa shape index (κ1) is 27.2. The number of nitro groups is 1. The molecule has 0 spiro atoms. The number of piperidine rings is 1. The molecule has 2 fully saturated rings. The molecule has 2 aliphatic rings. The molecule has 6 rings (SSSR count). The number of hydrogen-bond donors (Lipinski definition) is 1. The molecule has 0 unspecified atom stereocenters. The van der Waals surface area contributed by atoms with Crippen molar-refractivity contribution in [3.8, 4) is 11.3 Å². The maximum Gasteiger partial charge on any atom is 0.280 e. The lowest BCUT2D eigenvalue weighted by Crippen LogP contribution is -2.38. The molecule has 210 valence electrons. The van der Waals surface area contributed by atoms with E-state index in [1.807, 2.05) is 41.3 Å². The van der Waals surface area contributed by atoms with E-state index in [1.54, 1.807) is 30.5 Å². The number of halogens is 1. The van der Waals surface area contributed by atoms with Gasteiger partial charge >= 0.3 is 0 Å². The van der Waals surface area contributed by atoms with E-state index in [9.17, 15) is 10.1 Å². The summed E-state index contributed by atoms with van der Waals surface area (Å²) in [6.07, 6.45) is 2.96. The number of nitro benzene ring substituents is 1. The third-order valence-electron chi connectivity index (χ3n) is 7.80. The average molecular weight is 588 g/mol. The van der Waals surface area contributed by atoms with E-state index >= 15 is 0 Å². The zero-order chi connectivity index (χ0) is 28.7. The van der Waals surface area contributed by atoms with E-state index in [1.165, 1.54) is 12.5 Å². The highest BCUT2D eigenvalue weighted by atomic mass is 35.5. The maximum atomic E-state index is 11.7. The first-order valence-corrected chi connectivity index (χ1v) is 14.5. The van der Waals surface area contributed by atoms with Gasteiger partial charge in [-0.25, -0.2) is 0 Å². The molecule has 0 saturated carbocycles. The lowest BCUT2D eigenvalue weighted by molar-refractivity contribution is -0.384. The standard InChI is InChI=1S/C31H30ClN5O3S/c1-19-15-20(2)18-35(17-19)26-11-10-21(16-23(26)32)36-30(29(34-31(36)41)24-8-5-6-14-33-24)28-13-12-27(40-28)22-7-3-4-9-25(22)37(38)39/h3-14,16,19-20,29-30H,15,17-18H2,1-2H3,(H,34,41)/t19-,20-,29-,30-/m0/s1. The minimum Gasteiger partial charge on any atom is -0.459 e. The predicted octanol–water partition coefficient (Wildman–Crippen LogP) is 7.56. The zero-order valence-electron chi connectivity index (χ0n) is 22.7. The number of nitrogens with one attached hydrogen (secondary N) is 1. The Kier molecular flexibility index (Phi) is 7.40. The fraction of sp³-hybridized carbons (Fsp3) is 0.290. The van der Waals surface area contributed by atoms with Gasteiger partial charge in [-0.05, 0) is 79.0 Å². The molecule has 4 aromatic rings. The van der Waals surface area contributed by atoms with Crippen LogP contribution in [0.25, 0.3) is 11.3 Å². The highest BCUT2D eigenvalue weighted by molar-refractivity contribution is 7.80. The van der Waals surface area contributed by atoms with Crippen LogP contribution in [0, 0.1) is 22.0 Å². The highest BCUT2D eigenvalue weighted by Gasteiger charge is 2.43. The molecule has 2 aromatic carbocycles. The number of anilines is 2. The third kappa shape index (κ3) is 5.27. The van der Waals surface area contributed by atoms with Crippen LogP contribution in [0.3, 0.4) is 0 Å². The molecule has 2 aliphatic heterocycles. The summed E-state index contributed by atoms with van der Waals surface area (Å²) in [4.78, 5) is 20.2. The Hall–Kier alpha value is -3.95. The Morgan fingerprint density at radius 1 is 1.05 bits per heavy atom. The van der Waals surface area contributed by atoms with Gasteiger partial charge in [0.05, 0.1) is 32.9 Å². The summed E-state index contributed by atoms with van der Waals surface area (Å²) in [6, 6.07) is 21.2. The minimum atomic E-state index is -0.411. The van der Waals surface area contributed by atoms with Gasteiger partial charge in [-0.2, -0.15) is 0 Å². The molecule has 10 heteroatoms. The third-order valence-corrected chi connectivity index (χ3v) is 8.42. The number of benzene rings is 2. The van der Waals surface area contributed by atoms with Crippen molar-refractivity contribution < 1.29 is 9.34 Å². The summed E-state index contributed by atoms with van der Waals surface area (Å²) in [5.74, 6) is 2.20. The second-order valence-electron chi connectivity index (χ2n) is 11.0. The molecular weight excluding hydrogens is 558 g/mol. The first-order valence-electron chi connectivity index (χ1n) is 13.7. The van der Waals surface area contributed by atoms with E-state index < -0.39 is 11.0 Å². The molecule has 1 N–H and O–H groups in total. The predicted molar refractivity (Wildman–Crippen MR) is 165 cm³/mol. The van der Waals surface area contributed by atoms with Crippen LogP contribution in [-0.2, 0) is 0 Å². The molecule has 0 amide bonds. The summed E-state index contributed by atoms with van der Waals surface area (Å²) in [6.45, 7) is 6.50. The Balaban J connectivity index is 1.40. The fourth-order valence-corrected chi connectivity index (χ4v) is 6.82. The number of hydrogen-bond acceptors (Lipinski definition) is 6. The number of para-hydroxylation sites is 1. The van der Waals surface area contributed by atoms with E-state index in [0.29, 0.717) is 39.1 Å². The van der Waals surface area contributed by atoms with Crippen LogP contribution in [0.2, 0.25) is 5.02 Å². The van der Waals surface area contributed by atoms with Crippen LogP contribution < -0.4 is 15.1 Å². The van der Waals surface area contributed by atoms with Crippen molar-refractivity contribution >= 4 is 46.0 Å². The summed E-state index contributed by atoms with van der Waals surface area (Å²) < 4.78 is 6.35. The highest BCUT2D eigenvalue weighted by Crippen LogP contribution is 2.45. The van der Waals surface area contributed by atoms with Gasteiger partial charge in [-0.1, -0.05) is 43.6 Å². The average Bonchev–Trinajstić information content (AvgIpc) is 3.57. The van der Waals surface area contributed by atoms with Gasteiger partial charge < -0.3 is 19.5 Å². The summed E-state index contributed by atoms with van der Waals surface area (Å²) in [5.41, 5.74) is 3.03. The Labute approximate surface area is 249 Å². The normalized spacial score (nSPS) is 22.6. The molecule has 2 saturated heterocycles. The van der Waals surface area contributed by atoms with Crippen molar-refractivity contribution in [1.82, 2.24) is 10.3 Å². The second-order valence-corrected chi connectivity index (χ2v) is 11.8. The molecular formula is C31H30ClN5O3S. The van der Waals surface area contributed by atoms with Crippen molar-refractivity contribution in [2.24, 2.45) is 11.8 Å². The van der Waals surface area contributed by atoms with Crippen LogP contribution in [0.4, 0.5) is 17.1 Å². The Morgan fingerprint density at radius 3 is 2.51 bits per heavy atom. The van der Waals surface area contributed by atoms with E-state index in [4.69, 9.17) is 28.2 Å². The van der Waals surface area contributed by atoms with Crippen molar-refractivity contribution in [2.45, 2.75) is 32.4 Å². The zero-order valence-corrected chi connectivity index (χ0v) is 24.3. The van der Waals surface area contributed by atoms with Gasteiger partial charge in [0.1, 0.15) is 17.6 Å². The lowest BCUT2D eigenvalue weighted by atomic mass is 9.91. The van der Waals surface area contributed by atoms with Crippen LogP contribution in [-0.4, -0.2) is 28.1 Å². The lowest BCUT2D eigenvalue weighted by Gasteiger charge is -2.37. The number of pyridine rings is 1. The van der Waals surface area contributed by atoms with E-state index in [-0.39, 0.29) is 11.7 Å². The van der Waals surface area contributed by atoms with Crippen LogP contribution in [0.1, 0.15) is 43.8 Å². The SMILES string of the molecule is C[C@H]1C[C@H](C)CN(c2ccc(N3C(=S)N[C@@H](c4ccccn4)[C@@H]3c3ccc(-c4ccccc4[N+](=O)[O-])o3)cc2Cl)C1. The molecule has 8 nitrogen and oxygen atoms in total. The van der Waals surface area contributed by atoms with Gasteiger partial charge in [0.15, 0.2) is 5.11 Å². The van der Waals surface area contributed by atoms with Crippen LogP contribution in [0.5, 0.6) is 0 Å². The minimum absolute atomic E-state index is 0.0182. The molecule has 0 radical (unpaired) electrons. The van der Waals surface area contributed by atoms with Crippen molar-refractivity contribution in [2.75, 3.05) is 22.9 Å². The molecule has 2 aromatic heterocycles. The number of thiocarbonyl (C=S) groups is 1. The number of furan rings is 1. The van der Waals surface area contributed by atoms with Crippen molar-refractivity contribution in [1.29, 1.82) is 0 Å². The van der Waals surface area contributed by atoms with E-state index in [0.717, 1.165) is 30.2 Å². The smallest absolute Gasteiger partial charge is 0.280 e. The molecule has 4 heterocycles. The fourth-order valence-electron chi connectivity index (χ4n) is 6.18. The van der Waals surface area contributed by atoms with Gasteiger partial charge in [0.2, 0.25) is 0 Å². The number of aromatic nitrogens is 1. The summed E-state index contributed by atoms with van der Waals surface area (Å²) >= 11 is 12.8. The van der Waals surface area contributed by atoms with Gasteiger partial charge in [-0.15, -0.1) is 0 Å². The van der Waals surface area contributed by atoms with Gasteiger partial charge in [0.25, 0.3) is 5.69 Å². The number of rotatable bonds is 6. The maximum absolute atomic E-state index is 11.7. The number of nitrogens with zero attached hydrogens (tertiary/aromatic N) is 4. The summed E-state index contributed by atoms with van der Waals surface area (Å²) in [5, 5.41) is 16.3. The molecule has 4 atom stereocenters. The molecule has 0 bridgehead atoms. The van der Waals surface area contributed by atoms with Crippen molar-refractivity contribution in [3.05, 3.63) is 106 Å². The monoisotopic (exact) mass is 587 g/mol. The largest absolute Gasteiger partial charge is 0.459 e. The van der Waals surface area contributed by atoms with Gasteiger partial charge in [-0.3, -0.25) is 15.1 Å². The van der Waals surface area contributed by atoms with Crippen molar-refractivity contribution in [3.63, 3.8) is 0 Å². The van der Waals surface area contributed by atoms with E-state index in [2.05, 4.69) is 35.1 Å². The molecule has 0 aliphatic carbocycles. The Morgan fingerprint density at radius 2 is 1.80 bits per heavy atom. The Bertz CT molecular complexity index is 1590. The van der Waals surface area contributed by atoms with Crippen LogP contribution in [0.15, 0.2) is 83.4 Å². The van der Waals surface area contributed by atoms with Crippen LogP contribution >= 0.6 is 23.8 Å². The quantitative estimate of drug-likeness (QED) is 0.140.